The SMILES string of the molecule is COc1cccc(CC(=O)N2CCc3nc(N4CCOCC4)nc(C)c3CC2)c1. The van der Waals surface area contributed by atoms with Gasteiger partial charge >= 0.3 is 0 Å². The van der Waals surface area contributed by atoms with Crippen LogP contribution < -0.4 is 9.64 Å². The molecular weight excluding hydrogens is 368 g/mol. The van der Waals surface area contributed by atoms with Gasteiger partial charge in [0.05, 0.1) is 32.4 Å². The smallest absolute Gasteiger partial charge is 0.227 e. The van der Waals surface area contributed by atoms with Gasteiger partial charge in [0.15, 0.2) is 0 Å². The van der Waals surface area contributed by atoms with E-state index in [2.05, 4.69) is 11.8 Å². The van der Waals surface area contributed by atoms with E-state index >= 15 is 0 Å². The Hall–Kier alpha value is -2.67. The summed E-state index contributed by atoms with van der Waals surface area (Å²) < 4.78 is 10.7. The lowest BCUT2D eigenvalue weighted by Crippen LogP contribution is -2.37. The zero-order valence-corrected chi connectivity index (χ0v) is 17.2. The number of benzene rings is 1. The van der Waals surface area contributed by atoms with Crippen molar-refractivity contribution in [2.24, 2.45) is 0 Å². The molecule has 0 aliphatic carbocycles. The monoisotopic (exact) mass is 396 g/mol. The summed E-state index contributed by atoms with van der Waals surface area (Å²) in [7, 11) is 1.64. The number of nitrogens with zero attached hydrogens (tertiary/aromatic N) is 4. The number of aromatic nitrogens is 2. The van der Waals surface area contributed by atoms with Crippen molar-refractivity contribution in [1.29, 1.82) is 0 Å². The third kappa shape index (κ3) is 4.50. The number of fused-ring (bicyclic) bond motifs is 1. The molecule has 1 aromatic carbocycles. The highest BCUT2D eigenvalue weighted by Crippen LogP contribution is 2.22. The van der Waals surface area contributed by atoms with Crippen LogP contribution in [0.1, 0.15) is 22.5 Å². The summed E-state index contributed by atoms with van der Waals surface area (Å²) in [4.78, 5) is 26.7. The van der Waals surface area contributed by atoms with Gasteiger partial charge in [-0.3, -0.25) is 4.79 Å². The van der Waals surface area contributed by atoms with Crippen molar-refractivity contribution in [1.82, 2.24) is 14.9 Å². The molecule has 7 heteroatoms. The van der Waals surface area contributed by atoms with Gasteiger partial charge in [-0.15, -0.1) is 0 Å². The lowest BCUT2D eigenvalue weighted by molar-refractivity contribution is -0.130. The van der Waals surface area contributed by atoms with Gasteiger partial charge < -0.3 is 19.3 Å². The number of rotatable bonds is 4. The second kappa shape index (κ2) is 8.78. The second-order valence-electron chi connectivity index (χ2n) is 7.54. The molecule has 0 bridgehead atoms. The van der Waals surface area contributed by atoms with Gasteiger partial charge in [-0.2, -0.15) is 0 Å². The van der Waals surface area contributed by atoms with Gasteiger partial charge in [-0.05, 0) is 36.6 Å². The average molecular weight is 396 g/mol. The molecule has 0 unspecified atom stereocenters. The summed E-state index contributed by atoms with van der Waals surface area (Å²) in [6.45, 7) is 6.52. The fourth-order valence-corrected chi connectivity index (χ4v) is 3.99. The van der Waals surface area contributed by atoms with Gasteiger partial charge in [-0.25, -0.2) is 9.97 Å². The first kappa shape index (κ1) is 19.6. The predicted octanol–water partition coefficient (Wildman–Crippen LogP) is 1.80. The summed E-state index contributed by atoms with van der Waals surface area (Å²) in [5, 5.41) is 0. The minimum Gasteiger partial charge on any atom is -0.497 e. The number of hydrogen-bond donors (Lipinski definition) is 0. The van der Waals surface area contributed by atoms with Crippen LogP contribution in [-0.4, -0.2) is 67.3 Å². The van der Waals surface area contributed by atoms with Crippen LogP contribution in [0.4, 0.5) is 5.95 Å². The maximum absolute atomic E-state index is 12.9. The molecule has 0 saturated carbocycles. The van der Waals surface area contributed by atoms with Crippen molar-refractivity contribution >= 4 is 11.9 Å². The third-order valence-electron chi connectivity index (χ3n) is 5.67. The molecule has 0 N–H and O–H groups in total. The van der Waals surface area contributed by atoms with Crippen LogP contribution in [0.15, 0.2) is 24.3 Å². The van der Waals surface area contributed by atoms with E-state index in [9.17, 15) is 4.79 Å². The lowest BCUT2D eigenvalue weighted by Gasteiger charge is -2.27. The van der Waals surface area contributed by atoms with E-state index < -0.39 is 0 Å². The Bertz CT molecular complexity index is 880. The van der Waals surface area contributed by atoms with E-state index in [1.54, 1.807) is 7.11 Å². The van der Waals surface area contributed by atoms with Crippen molar-refractivity contribution in [2.45, 2.75) is 26.2 Å². The van der Waals surface area contributed by atoms with Gasteiger partial charge in [0.25, 0.3) is 0 Å². The number of hydrogen-bond acceptors (Lipinski definition) is 6. The van der Waals surface area contributed by atoms with Crippen molar-refractivity contribution in [3.63, 3.8) is 0 Å². The standard InChI is InChI=1S/C22H28N4O3/c1-16-19-6-8-25(21(27)15-17-4-3-5-18(14-17)28-2)9-7-20(19)24-22(23-16)26-10-12-29-13-11-26/h3-5,14H,6-13,15H2,1-2H3. The Morgan fingerprint density at radius 1 is 1.14 bits per heavy atom. The van der Waals surface area contributed by atoms with E-state index in [0.29, 0.717) is 32.7 Å². The fraction of sp³-hybridized carbons (Fsp3) is 0.500. The van der Waals surface area contributed by atoms with E-state index in [-0.39, 0.29) is 5.91 Å². The van der Waals surface area contributed by atoms with Gasteiger partial charge in [0, 0.05) is 38.3 Å². The number of amides is 1. The molecule has 2 aliphatic heterocycles. The molecule has 1 amide bonds. The Balaban J connectivity index is 1.45. The van der Waals surface area contributed by atoms with Crippen molar-refractivity contribution in [3.05, 3.63) is 46.8 Å². The maximum atomic E-state index is 12.9. The number of ether oxygens (including phenoxy) is 2. The van der Waals surface area contributed by atoms with E-state index in [1.165, 1.54) is 5.56 Å². The van der Waals surface area contributed by atoms with Crippen molar-refractivity contribution in [2.75, 3.05) is 51.4 Å². The van der Waals surface area contributed by atoms with E-state index in [1.807, 2.05) is 29.2 Å². The Morgan fingerprint density at radius 2 is 1.93 bits per heavy atom. The van der Waals surface area contributed by atoms with E-state index in [4.69, 9.17) is 19.4 Å². The lowest BCUT2D eigenvalue weighted by atomic mass is 10.1. The zero-order valence-electron chi connectivity index (χ0n) is 17.2. The predicted molar refractivity (Wildman–Crippen MR) is 110 cm³/mol. The molecule has 1 aromatic heterocycles. The number of aryl methyl sites for hydroxylation is 1. The highest BCUT2D eigenvalue weighted by molar-refractivity contribution is 5.79. The first-order valence-corrected chi connectivity index (χ1v) is 10.2. The molecule has 4 rings (SSSR count). The van der Waals surface area contributed by atoms with Gasteiger partial charge in [0.1, 0.15) is 5.75 Å². The molecular formula is C22H28N4O3. The minimum atomic E-state index is 0.144. The van der Waals surface area contributed by atoms with Gasteiger partial charge in [0.2, 0.25) is 11.9 Å². The molecule has 2 aliphatic rings. The minimum absolute atomic E-state index is 0.144. The molecule has 3 heterocycles. The Morgan fingerprint density at radius 3 is 2.72 bits per heavy atom. The average Bonchev–Trinajstić information content (AvgIpc) is 2.97. The van der Waals surface area contributed by atoms with Crippen LogP contribution in [0, 0.1) is 6.92 Å². The maximum Gasteiger partial charge on any atom is 0.227 e. The molecule has 0 spiro atoms. The number of carbonyl (C=O) groups excluding carboxylic acids is 1. The molecule has 2 aromatic rings. The molecule has 154 valence electrons. The van der Waals surface area contributed by atoms with Crippen LogP contribution in [0.25, 0.3) is 0 Å². The van der Waals surface area contributed by atoms with Gasteiger partial charge in [-0.1, -0.05) is 12.1 Å². The van der Waals surface area contributed by atoms with E-state index in [0.717, 1.165) is 54.6 Å². The van der Waals surface area contributed by atoms with Crippen LogP contribution in [0.3, 0.4) is 0 Å². The number of anilines is 1. The Labute approximate surface area is 171 Å². The highest BCUT2D eigenvalue weighted by Gasteiger charge is 2.23. The first-order chi connectivity index (χ1) is 14.1. The number of carbonyl (C=O) groups is 1. The van der Waals surface area contributed by atoms with Crippen molar-refractivity contribution in [3.8, 4) is 5.75 Å². The topological polar surface area (TPSA) is 67.8 Å². The first-order valence-electron chi connectivity index (χ1n) is 10.2. The quantitative estimate of drug-likeness (QED) is 0.785. The molecule has 29 heavy (non-hydrogen) atoms. The number of methoxy groups -OCH3 is 1. The fourth-order valence-electron chi connectivity index (χ4n) is 3.99. The van der Waals surface area contributed by atoms with Crippen LogP contribution in [-0.2, 0) is 28.8 Å². The molecule has 1 fully saturated rings. The van der Waals surface area contributed by atoms with Crippen molar-refractivity contribution < 1.29 is 14.3 Å². The molecule has 0 radical (unpaired) electrons. The second-order valence-corrected chi connectivity index (χ2v) is 7.54. The van der Waals surface area contributed by atoms with Crippen LogP contribution in [0.5, 0.6) is 5.75 Å². The summed E-state index contributed by atoms with van der Waals surface area (Å²) >= 11 is 0. The Kier molecular flexibility index (Phi) is 5.94. The third-order valence-corrected chi connectivity index (χ3v) is 5.67. The molecule has 7 nitrogen and oxygen atoms in total. The summed E-state index contributed by atoms with van der Waals surface area (Å²) in [6.07, 6.45) is 1.95. The van der Waals surface area contributed by atoms with Crippen LogP contribution >= 0.6 is 0 Å². The molecule has 1 saturated heterocycles. The summed E-state index contributed by atoms with van der Waals surface area (Å²) in [5.74, 6) is 1.71. The summed E-state index contributed by atoms with van der Waals surface area (Å²) in [5.41, 5.74) is 4.27. The molecule has 0 atom stereocenters. The normalized spacial score (nSPS) is 16.9. The number of morpholine rings is 1. The summed E-state index contributed by atoms with van der Waals surface area (Å²) in [6, 6.07) is 7.71. The largest absolute Gasteiger partial charge is 0.497 e. The zero-order chi connectivity index (χ0) is 20.2. The highest BCUT2D eigenvalue weighted by atomic mass is 16.5. The van der Waals surface area contributed by atoms with Crippen LogP contribution in [0.2, 0.25) is 0 Å².